The lowest BCUT2D eigenvalue weighted by molar-refractivity contribution is 0.282. The topological polar surface area (TPSA) is 18.5 Å². The van der Waals surface area contributed by atoms with Gasteiger partial charge in [-0.1, -0.05) is 73.5 Å². The number of rotatable bonds is 11. The molecule has 0 N–H and O–H groups in total. The molecule has 0 saturated heterocycles. The van der Waals surface area contributed by atoms with E-state index in [4.69, 9.17) is 9.47 Å². The van der Waals surface area contributed by atoms with Gasteiger partial charge in [0.05, 0.1) is 13.7 Å². The molecule has 2 nitrogen and oxygen atoms in total. The summed E-state index contributed by atoms with van der Waals surface area (Å²) in [6.45, 7) is 3.02. The average molecular weight is 343 g/mol. The maximum Gasteiger partial charge on any atom is 0.165 e. The van der Waals surface area contributed by atoms with Gasteiger partial charge in [-0.2, -0.15) is 0 Å². The SMILES string of the molecule is CCCCCCCCCOc1c(CBr)cccc1OC. The average Bonchev–Trinajstić information content (AvgIpc) is 2.49. The first-order chi connectivity index (χ1) is 9.83. The molecule has 20 heavy (non-hydrogen) atoms. The molecule has 1 aromatic carbocycles. The van der Waals surface area contributed by atoms with E-state index in [1.54, 1.807) is 7.11 Å². The van der Waals surface area contributed by atoms with Crippen LogP contribution in [0.5, 0.6) is 11.5 Å². The van der Waals surface area contributed by atoms with Crippen molar-refractivity contribution >= 4 is 15.9 Å². The minimum absolute atomic E-state index is 0.772. The second-order valence-electron chi connectivity index (χ2n) is 5.05. The Hall–Kier alpha value is -0.700. The van der Waals surface area contributed by atoms with Gasteiger partial charge in [-0.25, -0.2) is 0 Å². The third-order valence-electron chi connectivity index (χ3n) is 3.42. The summed E-state index contributed by atoms with van der Waals surface area (Å²) in [4.78, 5) is 0. The lowest BCUT2D eigenvalue weighted by Crippen LogP contribution is -2.01. The van der Waals surface area contributed by atoms with Gasteiger partial charge in [-0.15, -0.1) is 0 Å². The van der Waals surface area contributed by atoms with Crippen molar-refractivity contribution in [2.24, 2.45) is 0 Å². The summed E-state index contributed by atoms with van der Waals surface area (Å²) in [5.41, 5.74) is 1.15. The van der Waals surface area contributed by atoms with E-state index in [2.05, 4.69) is 28.9 Å². The van der Waals surface area contributed by atoms with Crippen LogP contribution in [0.3, 0.4) is 0 Å². The van der Waals surface area contributed by atoms with E-state index in [-0.39, 0.29) is 0 Å². The number of halogens is 1. The van der Waals surface area contributed by atoms with Gasteiger partial charge < -0.3 is 9.47 Å². The number of hydrogen-bond donors (Lipinski definition) is 0. The predicted molar refractivity (Wildman–Crippen MR) is 89.1 cm³/mol. The van der Waals surface area contributed by atoms with Crippen molar-refractivity contribution < 1.29 is 9.47 Å². The van der Waals surface area contributed by atoms with Gasteiger partial charge in [-0.3, -0.25) is 0 Å². The molecule has 0 aliphatic carbocycles. The van der Waals surface area contributed by atoms with Crippen LogP contribution in [0.2, 0.25) is 0 Å². The normalized spacial score (nSPS) is 10.6. The molecule has 0 bridgehead atoms. The van der Waals surface area contributed by atoms with E-state index in [1.807, 2.05) is 12.1 Å². The molecule has 114 valence electrons. The molecular weight excluding hydrogens is 316 g/mol. The van der Waals surface area contributed by atoms with Crippen molar-refractivity contribution in [1.29, 1.82) is 0 Å². The molecule has 0 heterocycles. The zero-order valence-electron chi connectivity index (χ0n) is 12.8. The van der Waals surface area contributed by atoms with Crippen LogP contribution in [0, 0.1) is 0 Å². The summed E-state index contributed by atoms with van der Waals surface area (Å²) in [6, 6.07) is 6.01. The molecule has 0 atom stereocenters. The van der Waals surface area contributed by atoms with Crippen molar-refractivity contribution in [1.82, 2.24) is 0 Å². The van der Waals surface area contributed by atoms with Crippen LogP contribution in [0.1, 0.15) is 57.4 Å². The number of hydrogen-bond acceptors (Lipinski definition) is 2. The Bertz CT molecular complexity index is 344. The summed E-state index contributed by atoms with van der Waals surface area (Å²) < 4.78 is 11.3. The van der Waals surface area contributed by atoms with Crippen LogP contribution in [0.4, 0.5) is 0 Å². The zero-order chi connectivity index (χ0) is 14.6. The van der Waals surface area contributed by atoms with E-state index >= 15 is 0 Å². The Morgan fingerprint density at radius 3 is 2.35 bits per heavy atom. The van der Waals surface area contributed by atoms with Crippen LogP contribution in [-0.2, 0) is 5.33 Å². The van der Waals surface area contributed by atoms with Crippen molar-refractivity contribution in [2.45, 2.75) is 57.2 Å². The molecule has 0 aliphatic rings. The highest BCUT2D eigenvalue weighted by molar-refractivity contribution is 9.08. The van der Waals surface area contributed by atoms with Gasteiger partial charge in [0, 0.05) is 10.9 Å². The van der Waals surface area contributed by atoms with Crippen molar-refractivity contribution in [2.75, 3.05) is 13.7 Å². The first kappa shape index (κ1) is 17.4. The van der Waals surface area contributed by atoms with Crippen LogP contribution in [0.25, 0.3) is 0 Å². The molecular formula is C17H27BrO2. The fraction of sp³-hybridized carbons (Fsp3) is 0.647. The largest absolute Gasteiger partial charge is 0.493 e. The first-order valence-electron chi connectivity index (χ1n) is 7.68. The highest BCUT2D eigenvalue weighted by Crippen LogP contribution is 2.32. The van der Waals surface area contributed by atoms with E-state index in [1.165, 1.54) is 38.5 Å². The second kappa shape index (κ2) is 11.0. The lowest BCUT2D eigenvalue weighted by Gasteiger charge is -2.13. The smallest absolute Gasteiger partial charge is 0.165 e. The standard InChI is InChI=1S/C17H27BrO2/c1-3-4-5-6-7-8-9-13-20-17-15(14-18)11-10-12-16(17)19-2/h10-12H,3-9,13-14H2,1-2H3. The second-order valence-corrected chi connectivity index (χ2v) is 5.61. The molecule has 0 aromatic heterocycles. The van der Waals surface area contributed by atoms with Gasteiger partial charge in [0.2, 0.25) is 0 Å². The van der Waals surface area contributed by atoms with E-state index < -0.39 is 0 Å². The van der Waals surface area contributed by atoms with Crippen LogP contribution in [0.15, 0.2) is 18.2 Å². The minimum Gasteiger partial charge on any atom is -0.493 e. The van der Waals surface area contributed by atoms with E-state index in [9.17, 15) is 0 Å². The Balaban J connectivity index is 2.27. The fourth-order valence-corrected chi connectivity index (χ4v) is 2.67. The predicted octanol–water partition coefficient (Wildman–Crippen LogP) is 5.72. The fourth-order valence-electron chi connectivity index (χ4n) is 2.22. The molecule has 3 heteroatoms. The summed E-state index contributed by atoms with van der Waals surface area (Å²) in [5, 5.41) is 0.788. The molecule has 0 saturated carbocycles. The number of para-hydroxylation sites is 1. The zero-order valence-corrected chi connectivity index (χ0v) is 14.4. The third-order valence-corrected chi connectivity index (χ3v) is 4.02. The number of methoxy groups -OCH3 is 1. The summed E-state index contributed by atoms with van der Waals surface area (Å²) in [5.74, 6) is 1.71. The van der Waals surface area contributed by atoms with Gasteiger partial charge in [0.15, 0.2) is 11.5 Å². The van der Waals surface area contributed by atoms with E-state index in [0.717, 1.165) is 35.4 Å². The molecule has 0 aliphatic heterocycles. The molecule has 1 aromatic rings. The number of benzene rings is 1. The Labute approximate surface area is 132 Å². The Morgan fingerprint density at radius 1 is 1.00 bits per heavy atom. The van der Waals surface area contributed by atoms with Gasteiger partial charge in [0.1, 0.15) is 0 Å². The summed E-state index contributed by atoms with van der Waals surface area (Å²) in [7, 11) is 1.69. The van der Waals surface area contributed by atoms with Crippen molar-refractivity contribution in [3.05, 3.63) is 23.8 Å². The summed E-state index contributed by atoms with van der Waals surface area (Å²) in [6.07, 6.45) is 9.10. The maximum absolute atomic E-state index is 5.92. The molecule has 1 rings (SSSR count). The molecule has 0 unspecified atom stereocenters. The monoisotopic (exact) mass is 342 g/mol. The highest BCUT2D eigenvalue weighted by atomic mass is 79.9. The van der Waals surface area contributed by atoms with E-state index in [0.29, 0.717) is 0 Å². The number of alkyl halides is 1. The molecule has 0 radical (unpaired) electrons. The lowest BCUT2D eigenvalue weighted by atomic mass is 10.1. The Kier molecular flexibility index (Phi) is 9.56. The van der Waals surface area contributed by atoms with Gasteiger partial charge in [-0.05, 0) is 12.5 Å². The van der Waals surface area contributed by atoms with Crippen LogP contribution >= 0.6 is 15.9 Å². The number of ether oxygens (including phenoxy) is 2. The molecule has 0 amide bonds. The Morgan fingerprint density at radius 2 is 1.70 bits per heavy atom. The van der Waals surface area contributed by atoms with Crippen molar-refractivity contribution in [3.8, 4) is 11.5 Å². The quantitative estimate of drug-likeness (QED) is 0.378. The molecule has 0 fully saturated rings. The van der Waals surface area contributed by atoms with Gasteiger partial charge in [0.25, 0.3) is 0 Å². The van der Waals surface area contributed by atoms with Gasteiger partial charge >= 0.3 is 0 Å². The third kappa shape index (κ3) is 6.17. The van der Waals surface area contributed by atoms with Crippen LogP contribution < -0.4 is 9.47 Å². The maximum atomic E-state index is 5.92. The minimum atomic E-state index is 0.772. The molecule has 0 spiro atoms. The van der Waals surface area contributed by atoms with Crippen LogP contribution in [-0.4, -0.2) is 13.7 Å². The summed E-state index contributed by atoms with van der Waals surface area (Å²) >= 11 is 3.49. The first-order valence-corrected chi connectivity index (χ1v) is 8.80. The van der Waals surface area contributed by atoms with Crippen molar-refractivity contribution in [3.63, 3.8) is 0 Å². The number of unbranched alkanes of at least 4 members (excludes halogenated alkanes) is 6. The highest BCUT2D eigenvalue weighted by Gasteiger charge is 2.09.